The predicted molar refractivity (Wildman–Crippen MR) is 52.8 cm³/mol. The van der Waals surface area contributed by atoms with Crippen molar-refractivity contribution in [2.24, 2.45) is 0 Å². The lowest BCUT2D eigenvalue weighted by Crippen LogP contribution is -2.38. The molecule has 0 unspecified atom stereocenters. The van der Waals surface area contributed by atoms with Crippen molar-refractivity contribution in [1.29, 1.82) is 0 Å². The number of morpholine rings is 1. The maximum Gasteiger partial charge on any atom is 0.246 e. The smallest absolute Gasteiger partial charge is 0.246 e. The van der Waals surface area contributed by atoms with E-state index in [4.69, 9.17) is 4.74 Å². The van der Waals surface area contributed by atoms with Crippen molar-refractivity contribution in [2.75, 3.05) is 13.2 Å². The van der Waals surface area contributed by atoms with E-state index in [9.17, 15) is 9.18 Å². The van der Waals surface area contributed by atoms with Crippen LogP contribution in [0.3, 0.4) is 0 Å². The largest absolute Gasteiger partial charge is 0.362 e. The Kier molecular flexibility index (Phi) is 2.68. The highest BCUT2D eigenvalue weighted by Crippen LogP contribution is 2.20. The first-order valence-corrected chi connectivity index (χ1v) is 4.81. The molecule has 0 saturated carbocycles. The highest BCUT2D eigenvalue weighted by molar-refractivity contribution is 5.77. The molecule has 1 aliphatic heterocycles. The summed E-state index contributed by atoms with van der Waals surface area (Å²) in [5.74, 6) is -0.369. The number of carbonyl (C=O) groups is 1. The molecular formula is C11H12FNO2. The molecule has 0 spiro atoms. The van der Waals surface area contributed by atoms with Crippen LogP contribution in [-0.4, -0.2) is 19.1 Å². The maximum absolute atomic E-state index is 13.3. The summed E-state index contributed by atoms with van der Waals surface area (Å²) in [6.45, 7) is 2.16. The Labute approximate surface area is 87.2 Å². The van der Waals surface area contributed by atoms with E-state index in [0.29, 0.717) is 12.1 Å². The van der Waals surface area contributed by atoms with Crippen LogP contribution in [0.25, 0.3) is 0 Å². The first-order chi connectivity index (χ1) is 7.16. The molecule has 1 aromatic carbocycles. The molecule has 1 N–H and O–H groups in total. The number of benzene rings is 1. The molecule has 3 nitrogen and oxygen atoms in total. The number of carbonyl (C=O) groups excluding carboxylic acids is 1. The van der Waals surface area contributed by atoms with Gasteiger partial charge in [-0.3, -0.25) is 4.79 Å². The van der Waals surface area contributed by atoms with Gasteiger partial charge in [-0.2, -0.15) is 0 Å². The van der Waals surface area contributed by atoms with E-state index in [-0.39, 0.29) is 24.4 Å². The first-order valence-electron chi connectivity index (χ1n) is 4.81. The molecule has 1 aliphatic rings. The summed E-state index contributed by atoms with van der Waals surface area (Å²) in [5.41, 5.74) is 1.37. The van der Waals surface area contributed by atoms with Gasteiger partial charge in [-0.05, 0) is 24.1 Å². The Morgan fingerprint density at radius 2 is 2.33 bits per heavy atom. The van der Waals surface area contributed by atoms with E-state index in [1.165, 1.54) is 6.07 Å². The lowest BCUT2D eigenvalue weighted by molar-refractivity contribution is -0.133. The monoisotopic (exact) mass is 209 g/mol. The molecule has 0 radical (unpaired) electrons. The lowest BCUT2D eigenvalue weighted by Gasteiger charge is -2.23. The Balaban J connectivity index is 2.16. The highest BCUT2D eigenvalue weighted by Gasteiger charge is 2.20. The number of nitrogens with one attached hydrogen (secondary N) is 1. The fraction of sp³-hybridized carbons (Fsp3) is 0.364. The molecule has 0 bridgehead atoms. The molecule has 1 fully saturated rings. The SMILES string of the molecule is Cc1ccc([C@@H]2CNC(=O)CO2)cc1F. The lowest BCUT2D eigenvalue weighted by atomic mass is 10.1. The van der Waals surface area contributed by atoms with Crippen molar-refractivity contribution in [2.45, 2.75) is 13.0 Å². The molecule has 1 amide bonds. The van der Waals surface area contributed by atoms with Crippen LogP contribution >= 0.6 is 0 Å². The third-order valence-electron chi connectivity index (χ3n) is 2.47. The number of rotatable bonds is 1. The average Bonchev–Trinajstić information content (AvgIpc) is 2.23. The van der Waals surface area contributed by atoms with Gasteiger partial charge in [-0.15, -0.1) is 0 Å². The second-order valence-electron chi connectivity index (χ2n) is 3.61. The molecule has 1 heterocycles. The first kappa shape index (κ1) is 10.1. The van der Waals surface area contributed by atoms with Crippen LogP contribution in [-0.2, 0) is 9.53 Å². The van der Waals surface area contributed by atoms with Crippen LogP contribution < -0.4 is 5.32 Å². The van der Waals surface area contributed by atoms with E-state index in [1.807, 2.05) is 6.07 Å². The number of ether oxygens (including phenoxy) is 1. The summed E-state index contributed by atoms with van der Waals surface area (Å²) in [6.07, 6.45) is -0.238. The molecule has 0 aliphatic carbocycles. The van der Waals surface area contributed by atoms with Crippen molar-refractivity contribution >= 4 is 5.91 Å². The standard InChI is InChI=1S/C11H12FNO2/c1-7-2-3-8(4-9(7)12)10-5-13-11(14)6-15-10/h2-4,10H,5-6H2,1H3,(H,13,14)/t10-/m0/s1. The zero-order chi connectivity index (χ0) is 10.8. The fourth-order valence-corrected chi connectivity index (χ4v) is 1.52. The van der Waals surface area contributed by atoms with E-state index < -0.39 is 0 Å². The third kappa shape index (κ3) is 2.15. The average molecular weight is 209 g/mol. The molecule has 1 aromatic rings. The predicted octanol–water partition coefficient (Wildman–Crippen LogP) is 1.32. The minimum Gasteiger partial charge on any atom is -0.362 e. The van der Waals surface area contributed by atoms with Gasteiger partial charge < -0.3 is 10.1 Å². The summed E-state index contributed by atoms with van der Waals surface area (Å²) >= 11 is 0. The van der Waals surface area contributed by atoms with Gasteiger partial charge in [0.05, 0.1) is 0 Å². The minimum atomic E-state index is -0.243. The van der Waals surface area contributed by atoms with Gasteiger partial charge in [0, 0.05) is 6.54 Å². The second kappa shape index (κ2) is 3.98. The molecule has 1 atom stereocenters. The molecular weight excluding hydrogens is 197 g/mol. The summed E-state index contributed by atoms with van der Waals surface area (Å²) < 4.78 is 18.6. The van der Waals surface area contributed by atoms with Crippen molar-refractivity contribution in [3.8, 4) is 0 Å². The van der Waals surface area contributed by atoms with Gasteiger partial charge in [0.2, 0.25) is 5.91 Å². The van der Waals surface area contributed by atoms with E-state index in [1.54, 1.807) is 13.0 Å². The zero-order valence-electron chi connectivity index (χ0n) is 8.42. The Morgan fingerprint density at radius 3 is 2.93 bits per heavy atom. The van der Waals surface area contributed by atoms with E-state index in [2.05, 4.69) is 5.32 Å². The van der Waals surface area contributed by atoms with Gasteiger partial charge in [-0.1, -0.05) is 12.1 Å². The normalized spacial score (nSPS) is 21.2. The van der Waals surface area contributed by atoms with Crippen LogP contribution in [0.2, 0.25) is 0 Å². The van der Waals surface area contributed by atoms with Gasteiger partial charge in [0.15, 0.2) is 0 Å². The van der Waals surface area contributed by atoms with Gasteiger partial charge >= 0.3 is 0 Å². The van der Waals surface area contributed by atoms with Gasteiger partial charge in [0.1, 0.15) is 18.5 Å². The maximum atomic E-state index is 13.3. The number of hydrogen-bond acceptors (Lipinski definition) is 2. The zero-order valence-corrected chi connectivity index (χ0v) is 8.42. The molecule has 1 saturated heterocycles. The van der Waals surface area contributed by atoms with Crippen molar-refractivity contribution < 1.29 is 13.9 Å². The Hall–Kier alpha value is -1.42. The van der Waals surface area contributed by atoms with E-state index >= 15 is 0 Å². The number of hydrogen-bond donors (Lipinski definition) is 1. The Bertz CT molecular complexity index is 382. The van der Waals surface area contributed by atoms with Crippen molar-refractivity contribution in [3.05, 3.63) is 35.1 Å². The molecule has 80 valence electrons. The van der Waals surface area contributed by atoms with Crippen LogP contribution in [0.5, 0.6) is 0 Å². The minimum absolute atomic E-state index is 0.0418. The fourth-order valence-electron chi connectivity index (χ4n) is 1.52. The van der Waals surface area contributed by atoms with Crippen LogP contribution in [0, 0.1) is 12.7 Å². The summed E-state index contributed by atoms with van der Waals surface area (Å²) in [7, 11) is 0. The highest BCUT2D eigenvalue weighted by atomic mass is 19.1. The topological polar surface area (TPSA) is 38.3 Å². The molecule has 2 rings (SSSR count). The summed E-state index contributed by atoms with van der Waals surface area (Å²) in [5, 5.41) is 2.68. The number of amides is 1. The van der Waals surface area contributed by atoms with Gasteiger partial charge in [-0.25, -0.2) is 4.39 Å². The van der Waals surface area contributed by atoms with Crippen molar-refractivity contribution in [1.82, 2.24) is 5.32 Å². The molecule has 4 heteroatoms. The molecule has 0 aromatic heterocycles. The molecule has 15 heavy (non-hydrogen) atoms. The summed E-state index contributed by atoms with van der Waals surface area (Å²) in [4.78, 5) is 10.9. The summed E-state index contributed by atoms with van der Waals surface area (Å²) in [6, 6.07) is 4.99. The van der Waals surface area contributed by atoms with Crippen LogP contribution in [0.4, 0.5) is 4.39 Å². The quantitative estimate of drug-likeness (QED) is 0.757. The van der Waals surface area contributed by atoms with Crippen LogP contribution in [0.15, 0.2) is 18.2 Å². The second-order valence-corrected chi connectivity index (χ2v) is 3.61. The van der Waals surface area contributed by atoms with Gasteiger partial charge in [0.25, 0.3) is 0 Å². The van der Waals surface area contributed by atoms with E-state index in [0.717, 1.165) is 5.56 Å². The Morgan fingerprint density at radius 1 is 1.53 bits per heavy atom. The third-order valence-corrected chi connectivity index (χ3v) is 2.47. The number of aryl methyl sites for hydroxylation is 1. The van der Waals surface area contributed by atoms with Crippen molar-refractivity contribution in [3.63, 3.8) is 0 Å². The van der Waals surface area contributed by atoms with Crippen LogP contribution in [0.1, 0.15) is 17.2 Å². The number of halogens is 1.